The number of benzene rings is 2. The fourth-order valence-electron chi connectivity index (χ4n) is 14.0. The van der Waals surface area contributed by atoms with Crippen LogP contribution in [0.4, 0.5) is 0 Å². The molecule has 7 fully saturated rings. The van der Waals surface area contributed by atoms with E-state index in [0.29, 0.717) is 30.6 Å². The Bertz CT molecular complexity index is 4140. The number of hydroxylamine groups is 3. The summed E-state index contributed by atoms with van der Waals surface area (Å²) in [5, 5.41) is 8.94. The number of piperidine rings is 4. The highest BCUT2D eigenvalue weighted by Gasteiger charge is 2.37. The van der Waals surface area contributed by atoms with Gasteiger partial charge in [0.1, 0.15) is 26.2 Å². The second kappa shape index (κ2) is 47.5. The molecule has 36 heteroatoms. The molecule has 0 bridgehead atoms. The molecule has 7 saturated heterocycles. The highest BCUT2D eigenvalue weighted by Crippen LogP contribution is 2.27. The summed E-state index contributed by atoms with van der Waals surface area (Å²) in [4.78, 5) is 5.78. The smallest absolute Gasteiger partial charge is 0.335 e. The third kappa shape index (κ3) is 39.9. The van der Waals surface area contributed by atoms with Crippen LogP contribution in [0.5, 0.6) is 0 Å². The first-order chi connectivity index (χ1) is 52.8. The predicted molar refractivity (Wildman–Crippen MR) is 442 cm³/mol. The maximum absolute atomic E-state index is 11.9. The lowest BCUT2D eigenvalue weighted by Gasteiger charge is -2.41. The lowest BCUT2D eigenvalue weighted by Crippen LogP contribution is -2.52. The zero-order valence-electron chi connectivity index (χ0n) is 69.4. The van der Waals surface area contributed by atoms with Crippen molar-refractivity contribution in [1.82, 2.24) is 0 Å². The van der Waals surface area contributed by atoms with Gasteiger partial charge in [0.25, 0.3) is 20.2 Å². The Balaban J connectivity index is 0.000000278. The highest BCUT2D eigenvalue weighted by atomic mass is 32.2. The Morgan fingerprint density at radius 3 is 1.23 bits per heavy atom. The van der Waals surface area contributed by atoms with Crippen molar-refractivity contribution in [2.24, 2.45) is 0 Å². The molecule has 646 valence electrons. The molecule has 10 rings (SSSR count). The number of nitriles is 1. The molecule has 2 atom stereocenters. The van der Waals surface area contributed by atoms with E-state index in [9.17, 15) is 50.5 Å². The molecule has 7 aliphatic heterocycles. The van der Waals surface area contributed by atoms with Gasteiger partial charge in [0.05, 0.1) is 180 Å². The molecule has 29 nitrogen and oxygen atoms in total. The molecule has 1 aromatic heterocycles. The van der Waals surface area contributed by atoms with Crippen molar-refractivity contribution in [3.63, 3.8) is 0 Å². The van der Waals surface area contributed by atoms with Gasteiger partial charge in [0.15, 0.2) is 0 Å². The quantitative estimate of drug-likeness (QED) is 0.0156. The fraction of sp³-hybridized carbons (Fsp3) is 0.701. The van der Waals surface area contributed by atoms with Crippen molar-refractivity contribution in [3.8, 4) is 18.0 Å². The van der Waals surface area contributed by atoms with Crippen molar-refractivity contribution in [2.45, 2.75) is 164 Å². The Kier molecular flexibility index (Phi) is 42.5. The van der Waals surface area contributed by atoms with Crippen molar-refractivity contribution >= 4 is 81.9 Å². The number of nitrogens with zero attached hydrogens (tertiary/aromatic N) is 8. The first kappa shape index (κ1) is 101. The molecule has 2 unspecified atom stereocenters. The third-order valence-electron chi connectivity index (χ3n) is 21.3. The highest BCUT2D eigenvalue weighted by molar-refractivity contribution is 7.95. The van der Waals surface area contributed by atoms with E-state index in [1.54, 1.807) is 67.8 Å². The molecular formula is C77H137N8O21S7+7. The van der Waals surface area contributed by atoms with Gasteiger partial charge >= 0.3 is 36.5 Å². The molecule has 0 aliphatic carbocycles. The van der Waals surface area contributed by atoms with Gasteiger partial charge in [-0.3, -0.25) is 12.8 Å². The monoisotopic (exact) mass is 1730 g/mol. The third-order valence-corrected chi connectivity index (χ3v) is 27.3. The number of likely N-dealkylation sites (tertiary alicyclic amines) is 7. The van der Waals surface area contributed by atoms with Crippen LogP contribution in [0.15, 0.2) is 111 Å². The van der Waals surface area contributed by atoms with Gasteiger partial charge < -0.3 is 22.3 Å². The minimum Gasteiger partial charge on any atom is -0.451 e. The Morgan fingerprint density at radius 2 is 0.858 bits per heavy atom. The SMILES string of the molecule is C=S(C)(=O)OCC#CC[N+]1(CC)CCCCC1.C=S(C)(=O)OC[N+]1(C#N)CCCCC1.CC(C)[N+]1(/C=C/CCOS(C)(=O)=O)CCCCC1.CO[N+]1(COS(C)(=O)=O)CCCCC1.C[N+]1(COS(=O)(=O)c2ccccc2)CCCC1.C[N+]1(COS(=O)(=O)c2ccccc2)CCCC1.C[N+]1(COS(=O)(=O)c2ccco2)CCCC1. The molecule has 0 N–H and O–H groups in total. The van der Waals surface area contributed by atoms with Crippen LogP contribution in [-0.2, 0) is 104 Å². The molecule has 3 aromatic rings. The minimum atomic E-state index is -3.72. The van der Waals surface area contributed by atoms with E-state index >= 15 is 0 Å². The van der Waals surface area contributed by atoms with Crippen molar-refractivity contribution in [3.05, 3.63) is 91.3 Å². The number of furan rings is 1. The summed E-state index contributed by atoms with van der Waals surface area (Å²) < 4.78 is 181. The van der Waals surface area contributed by atoms with Gasteiger partial charge in [0, 0.05) is 51.0 Å². The molecular weight excluding hydrogens is 1600 g/mol. The normalized spacial score (nSPS) is 21.1. The number of hydrogen-bond donors (Lipinski definition) is 0. The van der Waals surface area contributed by atoms with E-state index in [1.807, 2.05) is 21.1 Å². The summed E-state index contributed by atoms with van der Waals surface area (Å²) in [7, 11) is -14.7. The Labute approximate surface area is 681 Å². The van der Waals surface area contributed by atoms with Crippen LogP contribution in [0.1, 0.15) is 143 Å². The zero-order valence-corrected chi connectivity index (χ0v) is 75.1. The molecule has 8 heterocycles. The van der Waals surface area contributed by atoms with E-state index in [4.69, 9.17) is 43.8 Å². The average Bonchev–Trinajstić information content (AvgIpc) is 1.42. The van der Waals surface area contributed by atoms with E-state index < -0.39 is 70.2 Å². The maximum atomic E-state index is 11.9. The van der Waals surface area contributed by atoms with Crippen molar-refractivity contribution in [2.75, 3.05) is 205 Å². The maximum Gasteiger partial charge on any atom is 0.335 e. The van der Waals surface area contributed by atoms with Crippen LogP contribution < -0.4 is 0 Å². The topological polar surface area (TPSA) is 316 Å². The van der Waals surface area contributed by atoms with Gasteiger partial charge in [-0.15, -0.1) is 5.26 Å². The summed E-state index contributed by atoms with van der Waals surface area (Å²) >= 11 is 0. The molecule has 113 heavy (non-hydrogen) atoms. The molecule has 0 spiro atoms. The van der Waals surface area contributed by atoms with Gasteiger partial charge in [0.2, 0.25) is 38.7 Å². The predicted octanol–water partition coefficient (Wildman–Crippen LogP) is 9.11. The molecule has 0 saturated carbocycles. The largest absolute Gasteiger partial charge is 0.451 e. The summed E-state index contributed by atoms with van der Waals surface area (Å²) in [6.07, 6.45) is 34.9. The first-order valence-electron chi connectivity index (χ1n) is 39.3. The molecule has 0 radical (unpaired) electrons. The summed E-state index contributed by atoms with van der Waals surface area (Å²) in [5.74, 6) is 12.9. The van der Waals surface area contributed by atoms with Gasteiger partial charge in [-0.2, -0.15) is 46.7 Å². The van der Waals surface area contributed by atoms with Crippen LogP contribution in [-0.4, -0.2) is 305 Å². The van der Waals surface area contributed by atoms with Crippen LogP contribution in [0.3, 0.4) is 0 Å². The minimum absolute atomic E-state index is 0.0926. The molecule has 0 amide bonds. The van der Waals surface area contributed by atoms with Crippen LogP contribution >= 0.6 is 0 Å². The Morgan fingerprint density at radius 1 is 0.460 bits per heavy atom. The van der Waals surface area contributed by atoms with Crippen molar-refractivity contribution < 1.29 is 121 Å². The average molecular weight is 1740 g/mol. The summed E-state index contributed by atoms with van der Waals surface area (Å²) in [6.45, 7) is 24.2. The Hall–Kier alpha value is -4.30. The van der Waals surface area contributed by atoms with Gasteiger partial charge in [-0.05, 0) is 164 Å². The fourth-order valence-corrected chi connectivity index (χ4v) is 18.5. The van der Waals surface area contributed by atoms with Crippen molar-refractivity contribution in [1.29, 1.82) is 5.26 Å². The van der Waals surface area contributed by atoms with Crippen LogP contribution in [0.2, 0.25) is 0 Å². The van der Waals surface area contributed by atoms with E-state index in [-0.39, 0.29) is 66.2 Å². The molecule has 7 aliphatic rings. The van der Waals surface area contributed by atoms with Crippen LogP contribution in [0.25, 0.3) is 0 Å². The van der Waals surface area contributed by atoms with E-state index in [1.165, 1.54) is 108 Å². The lowest BCUT2D eigenvalue weighted by molar-refractivity contribution is -1.11. The summed E-state index contributed by atoms with van der Waals surface area (Å²) in [6, 6.07) is 20.1. The standard InChI is InChI=1S/C13H26NO3S.C13H24NO2S.2C12H18NO3S.C10H16NO4S.C9H17N2O2S.C8H18NO4S/c1-13(2)14(9-5-4-6-10-14)11-7-8-12-17-18(3,15)16;1-4-14(10-6-5-7-11-14)12-8-9-13-16-17(2,3)15;2*1-13(9-5-6-10-13)11-16-17(14,15)12-7-3-2-4-8-12;1-11(6-2-3-7-11)9-15-16(12,13)10-5-4-8-14-10;1-14(2,12)13-9-11(8-10)6-4-3-5-7-11;1-12-9(6-4-3-5-7-9)8-13-14(2,10)11/h7,11,13H,4-6,8-10,12H2,1-3H3;2,4-7,10-13H2,1,3H3;2*2-4,7-8H,5-6,9-11H2,1H3;4-5,8H,2-3,6-7,9H2,1H3;1,3-7,9H2,2H3;3-8H2,1-2H3/q7*+1/b11-7+;;;;;;. The van der Waals surface area contributed by atoms with Gasteiger partial charge in [-0.1, -0.05) is 42.3 Å². The van der Waals surface area contributed by atoms with Gasteiger partial charge in [-0.25, -0.2) is 38.7 Å². The van der Waals surface area contributed by atoms with E-state index in [0.717, 1.165) is 164 Å². The molecule has 2 aromatic carbocycles. The second-order valence-electron chi connectivity index (χ2n) is 31.9. The number of hydrogen-bond acceptors (Lipinski definition) is 22. The second-order valence-corrected chi connectivity index (χ2v) is 44.1. The zero-order chi connectivity index (χ0) is 84.1. The van der Waals surface area contributed by atoms with Crippen LogP contribution in [0, 0.1) is 23.3 Å². The van der Waals surface area contributed by atoms with E-state index in [2.05, 4.69) is 62.8 Å². The first-order valence-corrected chi connectivity index (χ1v) is 51.3. The number of rotatable bonds is 29. The summed E-state index contributed by atoms with van der Waals surface area (Å²) in [5.41, 5.74) is 0. The number of quaternary nitrogens is 7. The lowest BCUT2D eigenvalue weighted by atomic mass is 10.1.